The van der Waals surface area contributed by atoms with Gasteiger partial charge in [0.1, 0.15) is 0 Å². The predicted octanol–water partition coefficient (Wildman–Crippen LogP) is 3.22. The number of pyridine rings is 2. The molecule has 0 spiro atoms. The number of aromatic hydroxyl groups is 2. The van der Waals surface area contributed by atoms with E-state index in [1.807, 2.05) is 30.3 Å². The fraction of sp³-hybridized carbons (Fsp3) is 0. The second-order valence-electron chi connectivity index (χ2n) is 4.35. The molecule has 98 valence electrons. The van der Waals surface area contributed by atoms with Crippen LogP contribution in [0.3, 0.4) is 0 Å². The average molecular weight is 264 g/mol. The van der Waals surface area contributed by atoms with Gasteiger partial charge in [0, 0.05) is 12.4 Å². The van der Waals surface area contributed by atoms with Crippen LogP contribution < -0.4 is 0 Å². The van der Waals surface area contributed by atoms with Gasteiger partial charge in [0.05, 0.1) is 11.4 Å². The van der Waals surface area contributed by atoms with E-state index >= 15 is 0 Å². The zero-order chi connectivity index (χ0) is 13.9. The highest BCUT2D eigenvalue weighted by Gasteiger charge is 2.06. The summed E-state index contributed by atoms with van der Waals surface area (Å²) in [5, 5.41) is 18.9. The molecule has 3 rings (SSSR count). The van der Waals surface area contributed by atoms with E-state index in [0.29, 0.717) is 0 Å². The number of rotatable bonds is 2. The van der Waals surface area contributed by atoms with Crippen molar-refractivity contribution in [2.75, 3.05) is 0 Å². The molecule has 0 bridgehead atoms. The highest BCUT2D eigenvalue weighted by molar-refractivity contribution is 5.70. The van der Waals surface area contributed by atoms with Gasteiger partial charge < -0.3 is 10.2 Å². The van der Waals surface area contributed by atoms with E-state index in [2.05, 4.69) is 9.97 Å². The summed E-state index contributed by atoms with van der Waals surface area (Å²) in [4.78, 5) is 8.56. The summed E-state index contributed by atoms with van der Waals surface area (Å²) >= 11 is 0. The molecule has 4 heteroatoms. The van der Waals surface area contributed by atoms with Crippen LogP contribution in [0.5, 0.6) is 11.5 Å². The second kappa shape index (κ2) is 5.01. The Labute approximate surface area is 116 Å². The van der Waals surface area contributed by atoms with Crippen LogP contribution in [0, 0.1) is 0 Å². The summed E-state index contributed by atoms with van der Waals surface area (Å²) in [7, 11) is 0. The third-order valence-electron chi connectivity index (χ3n) is 3.00. The van der Waals surface area contributed by atoms with Crippen LogP contribution in [0.4, 0.5) is 0 Å². The molecule has 0 unspecified atom stereocenters. The molecular formula is C16H12N2O2. The summed E-state index contributed by atoms with van der Waals surface area (Å²) in [6.45, 7) is 0. The first-order valence-electron chi connectivity index (χ1n) is 6.14. The van der Waals surface area contributed by atoms with Crippen molar-refractivity contribution in [3.8, 4) is 34.0 Å². The monoisotopic (exact) mass is 264 g/mol. The summed E-state index contributed by atoms with van der Waals surface area (Å²) in [5.74, 6) is -0.272. The highest BCUT2D eigenvalue weighted by Crippen LogP contribution is 2.31. The molecule has 3 aromatic rings. The first-order valence-corrected chi connectivity index (χ1v) is 6.14. The topological polar surface area (TPSA) is 66.2 Å². The Bertz CT molecular complexity index is 742. The number of hydrogen-bond acceptors (Lipinski definition) is 4. The van der Waals surface area contributed by atoms with Crippen molar-refractivity contribution in [3.05, 3.63) is 60.9 Å². The molecule has 2 N–H and O–H groups in total. The lowest BCUT2D eigenvalue weighted by Gasteiger charge is -2.06. The summed E-state index contributed by atoms with van der Waals surface area (Å²) in [6, 6.07) is 14.1. The molecule has 0 radical (unpaired) electrons. The molecule has 2 heterocycles. The number of hydrogen-bond donors (Lipinski definition) is 2. The third kappa shape index (κ3) is 2.31. The number of phenolic OH excluding ortho intramolecular Hbond substituents is 2. The Morgan fingerprint density at radius 2 is 1.45 bits per heavy atom. The molecule has 0 fully saturated rings. The summed E-state index contributed by atoms with van der Waals surface area (Å²) in [5.41, 5.74) is 3.25. The highest BCUT2D eigenvalue weighted by atomic mass is 16.3. The van der Waals surface area contributed by atoms with Gasteiger partial charge in [0.15, 0.2) is 11.5 Å². The first-order chi connectivity index (χ1) is 9.74. The van der Waals surface area contributed by atoms with Gasteiger partial charge in [-0.05, 0) is 47.5 Å². The maximum Gasteiger partial charge on any atom is 0.158 e. The van der Waals surface area contributed by atoms with Gasteiger partial charge >= 0.3 is 0 Å². The maximum atomic E-state index is 9.57. The lowest BCUT2D eigenvalue weighted by Crippen LogP contribution is -1.87. The van der Waals surface area contributed by atoms with Gasteiger partial charge in [-0.15, -0.1) is 0 Å². The lowest BCUT2D eigenvalue weighted by molar-refractivity contribution is 0.404. The average Bonchev–Trinajstić information content (AvgIpc) is 2.51. The number of aromatic nitrogens is 2. The Morgan fingerprint density at radius 1 is 0.650 bits per heavy atom. The van der Waals surface area contributed by atoms with Gasteiger partial charge in [0.25, 0.3) is 0 Å². The molecule has 0 atom stereocenters. The minimum absolute atomic E-state index is 0.132. The molecule has 0 aliphatic rings. The third-order valence-corrected chi connectivity index (χ3v) is 3.00. The number of nitrogens with zero attached hydrogens (tertiary/aromatic N) is 2. The second-order valence-corrected chi connectivity index (χ2v) is 4.35. The van der Waals surface area contributed by atoms with E-state index in [4.69, 9.17) is 0 Å². The predicted molar refractivity (Wildman–Crippen MR) is 76.2 cm³/mol. The zero-order valence-corrected chi connectivity index (χ0v) is 10.6. The van der Waals surface area contributed by atoms with Crippen molar-refractivity contribution in [1.82, 2.24) is 9.97 Å². The van der Waals surface area contributed by atoms with Crippen molar-refractivity contribution >= 4 is 0 Å². The van der Waals surface area contributed by atoms with Crippen LogP contribution in [0.15, 0.2) is 60.9 Å². The number of benzene rings is 1. The molecule has 0 saturated heterocycles. The van der Waals surface area contributed by atoms with Crippen molar-refractivity contribution in [3.63, 3.8) is 0 Å². The fourth-order valence-corrected chi connectivity index (χ4v) is 1.97. The minimum Gasteiger partial charge on any atom is -0.504 e. The Hall–Kier alpha value is -2.88. The zero-order valence-electron chi connectivity index (χ0n) is 10.6. The molecule has 0 amide bonds. The van der Waals surface area contributed by atoms with E-state index in [1.165, 1.54) is 12.1 Å². The molecule has 0 aliphatic heterocycles. The largest absolute Gasteiger partial charge is 0.504 e. The standard InChI is InChI=1S/C16H12N2O2/c19-15-5-4-11(10-16(15)20)12-6-8-18-14(9-12)13-3-1-2-7-17-13/h1-10,19-20H. The molecule has 0 aliphatic carbocycles. The number of phenols is 2. The van der Waals surface area contributed by atoms with E-state index in [9.17, 15) is 10.2 Å². The normalized spacial score (nSPS) is 10.4. The summed E-state index contributed by atoms with van der Waals surface area (Å²) in [6.07, 6.45) is 3.42. The van der Waals surface area contributed by atoms with E-state index in [0.717, 1.165) is 22.5 Å². The van der Waals surface area contributed by atoms with Crippen LogP contribution in [0.2, 0.25) is 0 Å². The molecule has 0 saturated carbocycles. The van der Waals surface area contributed by atoms with Crippen molar-refractivity contribution in [2.45, 2.75) is 0 Å². The minimum atomic E-state index is -0.140. The van der Waals surface area contributed by atoms with Crippen LogP contribution in [-0.2, 0) is 0 Å². The van der Waals surface area contributed by atoms with E-state index in [-0.39, 0.29) is 11.5 Å². The maximum absolute atomic E-state index is 9.57. The lowest BCUT2D eigenvalue weighted by atomic mass is 10.0. The Balaban J connectivity index is 2.05. The fourth-order valence-electron chi connectivity index (χ4n) is 1.97. The Morgan fingerprint density at radius 3 is 2.20 bits per heavy atom. The molecular weight excluding hydrogens is 252 g/mol. The summed E-state index contributed by atoms with van der Waals surface area (Å²) < 4.78 is 0. The van der Waals surface area contributed by atoms with Gasteiger partial charge in [-0.2, -0.15) is 0 Å². The Kier molecular flexibility index (Phi) is 3.05. The van der Waals surface area contributed by atoms with E-state index in [1.54, 1.807) is 18.5 Å². The molecule has 1 aromatic carbocycles. The van der Waals surface area contributed by atoms with Crippen LogP contribution >= 0.6 is 0 Å². The molecule has 2 aromatic heterocycles. The van der Waals surface area contributed by atoms with Gasteiger partial charge in [-0.25, -0.2) is 0 Å². The quantitative estimate of drug-likeness (QED) is 0.697. The van der Waals surface area contributed by atoms with Gasteiger partial charge in [0.2, 0.25) is 0 Å². The van der Waals surface area contributed by atoms with Crippen molar-refractivity contribution in [1.29, 1.82) is 0 Å². The molecule has 20 heavy (non-hydrogen) atoms. The van der Waals surface area contributed by atoms with E-state index < -0.39 is 0 Å². The van der Waals surface area contributed by atoms with Crippen LogP contribution in [0.25, 0.3) is 22.5 Å². The molecule has 4 nitrogen and oxygen atoms in total. The van der Waals surface area contributed by atoms with Crippen LogP contribution in [0.1, 0.15) is 0 Å². The smallest absolute Gasteiger partial charge is 0.158 e. The van der Waals surface area contributed by atoms with Gasteiger partial charge in [-0.1, -0.05) is 12.1 Å². The van der Waals surface area contributed by atoms with Crippen molar-refractivity contribution < 1.29 is 10.2 Å². The SMILES string of the molecule is Oc1ccc(-c2ccnc(-c3ccccn3)c2)cc1O. The van der Waals surface area contributed by atoms with Crippen molar-refractivity contribution in [2.24, 2.45) is 0 Å². The van der Waals surface area contributed by atoms with Gasteiger partial charge in [-0.3, -0.25) is 9.97 Å². The van der Waals surface area contributed by atoms with Crippen LogP contribution in [-0.4, -0.2) is 20.2 Å². The first kappa shape index (κ1) is 12.2.